The highest BCUT2D eigenvalue weighted by Crippen LogP contribution is 2.26. The first-order valence-electron chi connectivity index (χ1n) is 4.42. The normalized spacial score (nSPS) is 20.1. The Bertz CT molecular complexity index is 379. The molecule has 66 valence electrons. The van der Waals surface area contributed by atoms with Crippen molar-refractivity contribution in [3.63, 3.8) is 0 Å². The topological polar surface area (TPSA) is 47.7 Å². The Morgan fingerprint density at radius 3 is 2.69 bits per heavy atom. The summed E-state index contributed by atoms with van der Waals surface area (Å²) >= 11 is 0. The van der Waals surface area contributed by atoms with Crippen molar-refractivity contribution < 1.29 is 0 Å². The van der Waals surface area contributed by atoms with Gasteiger partial charge in [0.05, 0.1) is 0 Å². The van der Waals surface area contributed by atoms with Gasteiger partial charge in [0, 0.05) is 17.3 Å². The maximum Gasteiger partial charge on any atom is 0.0479 e. The first kappa shape index (κ1) is 8.17. The molecule has 0 fully saturated rings. The van der Waals surface area contributed by atoms with E-state index < -0.39 is 0 Å². The van der Waals surface area contributed by atoms with E-state index in [4.69, 9.17) is 10.8 Å². The minimum atomic E-state index is 0.0254. The lowest BCUT2D eigenvalue weighted by Gasteiger charge is -2.05. The SMILES string of the molecule is CC(=N)C1Cc2ccccc2C1=N. The van der Waals surface area contributed by atoms with Crippen LogP contribution in [0.25, 0.3) is 0 Å². The first-order valence-corrected chi connectivity index (χ1v) is 4.42. The molecule has 0 spiro atoms. The zero-order valence-corrected chi connectivity index (χ0v) is 7.59. The van der Waals surface area contributed by atoms with Crippen molar-refractivity contribution in [2.24, 2.45) is 5.92 Å². The zero-order valence-electron chi connectivity index (χ0n) is 7.59. The molecule has 0 aromatic heterocycles. The van der Waals surface area contributed by atoms with Gasteiger partial charge in [0.15, 0.2) is 0 Å². The highest BCUT2D eigenvalue weighted by atomic mass is 14.5. The average molecular weight is 172 g/mol. The van der Waals surface area contributed by atoms with Gasteiger partial charge in [-0.1, -0.05) is 24.3 Å². The van der Waals surface area contributed by atoms with E-state index in [-0.39, 0.29) is 5.92 Å². The standard InChI is InChI=1S/C11H12N2/c1-7(12)10-6-8-4-2-3-5-9(8)11(10)13/h2-5,10,12-13H,6H2,1H3. The molecule has 0 radical (unpaired) electrons. The third kappa shape index (κ3) is 1.18. The predicted molar refractivity (Wildman–Crippen MR) is 53.9 cm³/mol. The molecule has 0 bridgehead atoms. The van der Waals surface area contributed by atoms with Crippen molar-refractivity contribution in [1.29, 1.82) is 10.8 Å². The highest BCUT2D eigenvalue weighted by Gasteiger charge is 2.27. The fourth-order valence-corrected chi connectivity index (χ4v) is 1.84. The quantitative estimate of drug-likeness (QED) is 0.610. The second-order valence-corrected chi connectivity index (χ2v) is 3.51. The van der Waals surface area contributed by atoms with Gasteiger partial charge in [-0.2, -0.15) is 0 Å². The number of hydrogen-bond donors (Lipinski definition) is 2. The Labute approximate surface area is 77.6 Å². The summed E-state index contributed by atoms with van der Waals surface area (Å²) in [5, 5.41) is 15.4. The third-order valence-corrected chi connectivity index (χ3v) is 2.60. The molecule has 1 aliphatic rings. The van der Waals surface area contributed by atoms with E-state index in [0.29, 0.717) is 11.4 Å². The summed E-state index contributed by atoms with van der Waals surface area (Å²) in [7, 11) is 0. The van der Waals surface area contributed by atoms with Crippen molar-refractivity contribution in [2.45, 2.75) is 13.3 Å². The fourth-order valence-electron chi connectivity index (χ4n) is 1.84. The molecule has 0 aliphatic heterocycles. The predicted octanol–water partition coefficient (Wildman–Crippen LogP) is 2.27. The van der Waals surface area contributed by atoms with Gasteiger partial charge >= 0.3 is 0 Å². The summed E-state index contributed by atoms with van der Waals surface area (Å²) in [5.41, 5.74) is 3.45. The van der Waals surface area contributed by atoms with Gasteiger partial charge in [0.1, 0.15) is 0 Å². The number of fused-ring (bicyclic) bond motifs is 1. The summed E-state index contributed by atoms with van der Waals surface area (Å²) in [6, 6.07) is 7.97. The van der Waals surface area contributed by atoms with E-state index in [1.165, 1.54) is 5.56 Å². The minimum absolute atomic E-state index is 0.0254. The van der Waals surface area contributed by atoms with Crippen molar-refractivity contribution >= 4 is 11.4 Å². The van der Waals surface area contributed by atoms with Crippen molar-refractivity contribution in [3.8, 4) is 0 Å². The Hall–Kier alpha value is -1.44. The van der Waals surface area contributed by atoms with Gasteiger partial charge in [-0.15, -0.1) is 0 Å². The molecule has 1 aliphatic carbocycles. The van der Waals surface area contributed by atoms with Crippen LogP contribution in [0.5, 0.6) is 0 Å². The molecule has 2 heteroatoms. The van der Waals surface area contributed by atoms with Crippen molar-refractivity contribution in [1.82, 2.24) is 0 Å². The molecule has 1 atom stereocenters. The molecular weight excluding hydrogens is 160 g/mol. The van der Waals surface area contributed by atoms with Gasteiger partial charge in [-0.05, 0) is 24.5 Å². The summed E-state index contributed by atoms with van der Waals surface area (Å²) in [4.78, 5) is 0. The monoisotopic (exact) mass is 172 g/mol. The summed E-state index contributed by atoms with van der Waals surface area (Å²) < 4.78 is 0. The van der Waals surface area contributed by atoms with Crippen molar-refractivity contribution in [2.75, 3.05) is 0 Å². The van der Waals surface area contributed by atoms with Gasteiger partial charge in [0.25, 0.3) is 0 Å². The second-order valence-electron chi connectivity index (χ2n) is 3.51. The van der Waals surface area contributed by atoms with Crippen LogP contribution in [0, 0.1) is 16.7 Å². The summed E-state index contributed by atoms with van der Waals surface area (Å²) in [5.74, 6) is 0.0254. The van der Waals surface area contributed by atoms with E-state index in [1.807, 2.05) is 24.3 Å². The largest absolute Gasteiger partial charge is 0.309 e. The van der Waals surface area contributed by atoms with Crippen molar-refractivity contribution in [3.05, 3.63) is 35.4 Å². The summed E-state index contributed by atoms with van der Waals surface area (Å²) in [6.45, 7) is 1.78. The molecule has 13 heavy (non-hydrogen) atoms. The Kier molecular flexibility index (Phi) is 1.76. The number of nitrogens with one attached hydrogen (secondary N) is 2. The first-order chi connectivity index (χ1) is 6.20. The lowest BCUT2D eigenvalue weighted by molar-refractivity contribution is 0.916. The van der Waals surface area contributed by atoms with Crippen LogP contribution in [0.3, 0.4) is 0 Å². The van der Waals surface area contributed by atoms with Crippen LogP contribution in [0.4, 0.5) is 0 Å². The van der Waals surface area contributed by atoms with Crippen LogP contribution in [0.15, 0.2) is 24.3 Å². The van der Waals surface area contributed by atoms with E-state index in [0.717, 1.165) is 12.0 Å². The Morgan fingerprint density at radius 2 is 2.08 bits per heavy atom. The minimum Gasteiger partial charge on any atom is -0.309 e. The molecule has 1 unspecified atom stereocenters. The highest BCUT2D eigenvalue weighted by molar-refractivity contribution is 6.15. The van der Waals surface area contributed by atoms with Gasteiger partial charge < -0.3 is 10.8 Å². The third-order valence-electron chi connectivity index (χ3n) is 2.60. The molecule has 1 aromatic rings. The molecule has 1 aromatic carbocycles. The fraction of sp³-hybridized carbons (Fsp3) is 0.273. The maximum absolute atomic E-state index is 7.88. The zero-order chi connectivity index (χ0) is 9.42. The molecular formula is C11H12N2. The molecule has 0 heterocycles. The number of benzene rings is 1. The average Bonchev–Trinajstić information content (AvgIpc) is 2.45. The second kappa shape index (κ2) is 2.80. The Morgan fingerprint density at radius 1 is 1.38 bits per heavy atom. The van der Waals surface area contributed by atoms with E-state index >= 15 is 0 Å². The molecule has 0 saturated carbocycles. The van der Waals surface area contributed by atoms with Crippen LogP contribution in [0.2, 0.25) is 0 Å². The van der Waals surface area contributed by atoms with E-state index in [9.17, 15) is 0 Å². The molecule has 0 saturated heterocycles. The summed E-state index contributed by atoms with van der Waals surface area (Å²) in [6.07, 6.45) is 0.838. The molecule has 2 rings (SSSR count). The van der Waals surface area contributed by atoms with Crippen LogP contribution >= 0.6 is 0 Å². The molecule has 2 N–H and O–H groups in total. The van der Waals surface area contributed by atoms with Gasteiger partial charge in [0.2, 0.25) is 0 Å². The van der Waals surface area contributed by atoms with E-state index in [2.05, 4.69) is 0 Å². The van der Waals surface area contributed by atoms with Crippen LogP contribution in [-0.4, -0.2) is 11.4 Å². The Balaban J connectivity index is 2.44. The lowest BCUT2D eigenvalue weighted by Crippen LogP contribution is -2.16. The van der Waals surface area contributed by atoms with Crippen LogP contribution in [-0.2, 0) is 6.42 Å². The molecule has 2 nitrogen and oxygen atoms in total. The lowest BCUT2D eigenvalue weighted by atomic mass is 10.00. The van der Waals surface area contributed by atoms with Crippen LogP contribution < -0.4 is 0 Å². The number of rotatable bonds is 1. The van der Waals surface area contributed by atoms with Gasteiger partial charge in [-0.25, -0.2) is 0 Å². The van der Waals surface area contributed by atoms with Crippen LogP contribution in [0.1, 0.15) is 18.1 Å². The number of hydrogen-bond acceptors (Lipinski definition) is 2. The maximum atomic E-state index is 7.88. The molecule has 0 amide bonds. The smallest absolute Gasteiger partial charge is 0.0479 e. The van der Waals surface area contributed by atoms with E-state index in [1.54, 1.807) is 6.92 Å². The van der Waals surface area contributed by atoms with Gasteiger partial charge in [-0.3, -0.25) is 0 Å².